The predicted molar refractivity (Wildman–Crippen MR) is 73.0 cm³/mol. The Balaban J connectivity index is 1.99. The molecule has 0 spiro atoms. The number of imidazole rings is 1. The Hall–Kier alpha value is -1.91. The highest BCUT2D eigenvalue weighted by Crippen LogP contribution is 2.29. The summed E-state index contributed by atoms with van der Waals surface area (Å²) in [5, 5.41) is 11.2. The second-order valence-corrected chi connectivity index (χ2v) is 5.27. The second-order valence-electron chi connectivity index (χ2n) is 5.27. The van der Waals surface area contributed by atoms with Gasteiger partial charge in [0.25, 0.3) is 0 Å². The molecule has 0 radical (unpaired) electrons. The van der Waals surface area contributed by atoms with Crippen LogP contribution in [0.3, 0.4) is 0 Å². The van der Waals surface area contributed by atoms with Crippen LogP contribution in [0.1, 0.15) is 32.1 Å². The molecule has 3 rings (SSSR count). The molecule has 1 fully saturated rings. The highest BCUT2D eigenvalue weighted by Gasteiger charge is 2.24. The molecule has 1 saturated carbocycles. The lowest BCUT2D eigenvalue weighted by Gasteiger charge is -2.20. The number of nitrogens with zero attached hydrogens (tertiary/aromatic N) is 3. The van der Waals surface area contributed by atoms with Gasteiger partial charge in [0, 0.05) is 0 Å². The summed E-state index contributed by atoms with van der Waals surface area (Å²) < 4.78 is 1.78. The Morgan fingerprint density at radius 3 is 2.74 bits per heavy atom. The summed E-state index contributed by atoms with van der Waals surface area (Å²) in [4.78, 5) is 14.9. The van der Waals surface area contributed by atoms with Gasteiger partial charge in [-0.1, -0.05) is 36.4 Å². The summed E-state index contributed by atoms with van der Waals surface area (Å²) in [6.45, 7) is 0.719. The highest BCUT2D eigenvalue weighted by atomic mass is 16.6. The van der Waals surface area contributed by atoms with E-state index in [9.17, 15) is 10.1 Å². The third kappa shape index (κ3) is 2.32. The van der Waals surface area contributed by atoms with Crippen LogP contribution in [0.2, 0.25) is 0 Å². The van der Waals surface area contributed by atoms with Crippen LogP contribution in [0.5, 0.6) is 0 Å². The van der Waals surface area contributed by atoms with Crippen molar-refractivity contribution in [1.29, 1.82) is 0 Å². The van der Waals surface area contributed by atoms with E-state index in [4.69, 9.17) is 0 Å². The van der Waals surface area contributed by atoms with Crippen LogP contribution in [-0.2, 0) is 6.54 Å². The average Bonchev–Trinajstić information content (AvgIpc) is 2.79. The molecule has 0 bridgehead atoms. The van der Waals surface area contributed by atoms with Gasteiger partial charge in [0.2, 0.25) is 0 Å². The quantitative estimate of drug-likeness (QED) is 0.625. The molecule has 0 aliphatic heterocycles. The molecule has 0 atom stereocenters. The number of fused-ring (bicyclic) bond motifs is 1. The van der Waals surface area contributed by atoms with Gasteiger partial charge in [-0.15, -0.1) is 0 Å². The molecule has 2 aromatic rings. The lowest BCUT2D eigenvalue weighted by molar-refractivity contribution is -0.396. The standard InChI is InChI=1S/C14H17N3O2/c18-17(19)14-15-12-8-4-5-9-13(12)16(14)10-11-6-2-1-3-7-11/h4-5,8-9,11H,1-3,6-7,10H2. The highest BCUT2D eigenvalue weighted by molar-refractivity contribution is 5.77. The molecule has 5 heteroatoms. The maximum atomic E-state index is 11.2. The van der Waals surface area contributed by atoms with Crippen molar-refractivity contribution in [2.45, 2.75) is 38.6 Å². The van der Waals surface area contributed by atoms with Crippen LogP contribution < -0.4 is 0 Å². The smallest absolute Gasteiger partial charge is 0.390 e. The van der Waals surface area contributed by atoms with Gasteiger partial charge in [0.1, 0.15) is 5.52 Å². The zero-order valence-electron chi connectivity index (χ0n) is 10.8. The van der Waals surface area contributed by atoms with Gasteiger partial charge in [-0.3, -0.25) is 0 Å². The monoisotopic (exact) mass is 259 g/mol. The molecule has 0 amide bonds. The van der Waals surface area contributed by atoms with Gasteiger partial charge in [0.05, 0.1) is 6.54 Å². The minimum Gasteiger partial charge on any atom is -0.390 e. The van der Waals surface area contributed by atoms with Crippen molar-refractivity contribution in [3.05, 3.63) is 34.4 Å². The minimum atomic E-state index is -0.372. The van der Waals surface area contributed by atoms with E-state index in [0.29, 0.717) is 11.4 Å². The summed E-state index contributed by atoms with van der Waals surface area (Å²) in [7, 11) is 0. The third-order valence-electron chi connectivity index (χ3n) is 3.96. The van der Waals surface area contributed by atoms with Crippen LogP contribution in [0.25, 0.3) is 11.0 Å². The van der Waals surface area contributed by atoms with E-state index < -0.39 is 0 Å². The average molecular weight is 259 g/mol. The fourth-order valence-corrected chi connectivity index (χ4v) is 3.01. The van der Waals surface area contributed by atoms with E-state index in [1.54, 1.807) is 4.57 Å². The number of hydrogen-bond acceptors (Lipinski definition) is 3. The number of nitro groups is 1. The molecule has 1 heterocycles. The zero-order valence-corrected chi connectivity index (χ0v) is 10.8. The molecule has 100 valence electrons. The van der Waals surface area contributed by atoms with Crippen LogP contribution in [0.15, 0.2) is 24.3 Å². The zero-order chi connectivity index (χ0) is 13.2. The van der Waals surface area contributed by atoms with Crippen LogP contribution in [0, 0.1) is 16.0 Å². The molecular formula is C14H17N3O2. The van der Waals surface area contributed by atoms with E-state index in [2.05, 4.69) is 4.98 Å². The first-order chi connectivity index (χ1) is 9.25. The van der Waals surface area contributed by atoms with Gasteiger partial charge < -0.3 is 10.1 Å². The Kier molecular flexibility index (Phi) is 3.19. The third-order valence-corrected chi connectivity index (χ3v) is 3.96. The number of para-hydroxylation sites is 2. The van der Waals surface area contributed by atoms with Crippen LogP contribution in [0.4, 0.5) is 5.95 Å². The van der Waals surface area contributed by atoms with Crippen molar-refractivity contribution >= 4 is 17.0 Å². The van der Waals surface area contributed by atoms with Crippen molar-refractivity contribution in [3.8, 4) is 0 Å². The predicted octanol–water partition coefficient (Wildman–Crippen LogP) is 3.52. The number of rotatable bonds is 3. The fraction of sp³-hybridized carbons (Fsp3) is 0.500. The summed E-state index contributed by atoms with van der Waals surface area (Å²) in [6.07, 6.45) is 6.12. The molecular weight excluding hydrogens is 242 g/mol. The normalized spacial score (nSPS) is 16.8. The summed E-state index contributed by atoms with van der Waals surface area (Å²) in [5.74, 6) is 0.525. The molecule has 0 unspecified atom stereocenters. The Morgan fingerprint density at radius 2 is 2.00 bits per heavy atom. The van der Waals surface area contributed by atoms with Crippen molar-refractivity contribution in [2.24, 2.45) is 5.92 Å². The molecule has 19 heavy (non-hydrogen) atoms. The maximum Gasteiger partial charge on any atom is 0.435 e. The van der Waals surface area contributed by atoms with Crippen molar-refractivity contribution in [1.82, 2.24) is 9.55 Å². The summed E-state index contributed by atoms with van der Waals surface area (Å²) >= 11 is 0. The number of benzene rings is 1. The summed E-state index contributed by atoms with van der Waals surface area (Å²) in [6, 6.07) is 7.52. The van der Waals surface area contributed by atoms with Gasteiger partial charge >= 0.3 is 5.95 Å². The Labute approximate surface area is 111 Å². The minimum absolute atomic E-state index is 0.0215. The van der Waals surface area contributed by atoms with Crippen molar-refractivity contribution < 1.29 is 4.92 Å². The van der Waals surface area contributed by atoms with E-state index in [1.165, 1.54) is 32.1 Å². The first-order valence-electron chi connectivity index (χ1n) is 6.85. The Bertz CT molecular complexity index is 600. The Morgan fingerprint density at radius 1 is 1.26 bits per heavy atom. The maximum absolute atomic E-state index is 11.2. The van der Waals surface area contributed by atoms with Crippen molar-refractivity contribution in [2.75, 3.05) is 0 Å². The molecule has 1 aliphatic rings. The first kappa shape index (κ1) is 12.1. The number of hydrogen-bond donors (Lipinski definition) is 0. The van der Waals surface area contributed by atoms with E-state index in [-0.39, 0.29) is 10.9 Å². The van der Waals surface area contributed by atoms with Crippen LogP contribution in [-0.4, -0.2) is 14.5 Å². The van der Waals surface area contributed by atoms with E-state index >= 15 is 0 Å². The molecule has 0 saturated heterocycles. The van der Waals surface area contributed by atoms with E-state index in [0.717, 1.165) is 12.1 Å². The van der Waals surface area contributed by atoms with Crippen LogP contribution >= 0.6 is 0 Å². The molecule has 0 N–H and O–H groups in total. The number of aromatic nitrogens is 2. The SMILES string of the molecule is O=[N+]([O-])c1nc2ccccc2n1CC1CCCCC1. The lowest BCUT2D eigenvalue weighted by atomic mass is 9.89. The first-order valence-corrected chi connectivity index (χ1v) is 6.85. The molecule has 5 nitrogen and oxygen atoms in total. The van der Waals surface area contributed by atoms with Gasteiger partial charge in [-0.25, -0.2) is 4.57 Å². The fourth-order valence-electron chi connectivity index (χ4n) is 3.01. The van der Waals surface area contributed by atoms with Gasteiger partial charge in [-0.05, 0) is 35.8 Å². The van der Waals surface area contributed by atoms with Gasteiger partial charge in [-0.2, -0.15) is 0 Å². The van der Waals surface area contributed by atoms with Gasteiger partial charge in [0.15, 0.2) is 5.52 Å². The van der Waals surface area contributed by atoms with Crippen molar-refractivity contribution in [3.63, 3.8) is 0 Å². The lowest BCUT2D eigenvalue weighted by Crippen LogP contribution is -2.15. The topological polar surface area (TPSA) is 61.0 Å². The second kappa shape index (κ2) is 4.99. The van der Waals surface area contributed by atoms with E-state index in [1.807, 2.05) is 24.3 Å². The molecule has 1 aromatic heterocycles. The largest absolute Gasteiger partial charge is 0.435 e. The molecule has 1 aromatic carbocycles. The molecule has 1 aliphatic carbocycles. The summed E-state index contributed by atoms with van der Waals surface area (Å²) in [5.41, 5.74) is 1.59.